The Bertz CT molecular complexity index is 1450. The maximum absolute atomic E-state index is 12.6. The molecule has 2 aromatic heterocycles. The van der Waals surface area contributed by atoms with Gasteiger partial charge in [-0.15, -0.1) is 20.4 Å². The van der Waals surface area contributed by atoms with E-state index in [0.717, 1.165) is 22.3 Å². The summed E-state index contributed by atoms with van der Waals surface area (Å²) in [5.41, 5.74) is 4.99. The summed E-state index contributed by atoms with van der Waals surface area (Å²) < 4.78 is 17.0. The van der Waals surface area contributed by atoms with Crippen LogP contribution in [0, 0.1) is 13.8 Å². The highest BCUT2D eigenvalue weighted by atomic mass is 16.6. The molecule has 1 unspecified atom stereocenters. The first-order chi connectivity index (χ1) is 17.0. The molecule has 0 bridgehead atoms. The number of ether oxygens (including phenoxy) is 1. The van der Waals surface area contributed by atoms with Crippen LogP contribution >= 0.6 is 0 Å². The minimum Gasteiger partial charge on any atom is -0.449 e. The minimum absolute atomic E-state index is 0.222. The van der Waals surface area contributed by atoms with Crippen LogP contribution in [0.3, 0.4) is 0 Å². The molecule has 0 spiro atoms. The Kier molecular flexibility index (Phi) is 5.93. The van der Waals surface area contributed by atoms with Crippen molar-refractivity contribution in [2.45, 2.75) is 26.9 Å². The van der Waals surface area contributed by atoms with Crippen LogP contribution in [0.1, 0.15) is 40.4 Å². The summed E-state index contributed by atoms with van der Waals surface area (Å²) in [7, 11) is 0. The van der Waals surface area contributed by atoms with Gasteiger partial charge in [0.15, 0.2) is 6.10 Å². The van der Waals surface area contributed by atoms with Gasteiger partial charge >= 0.3 is 5.97 Å². The SMILES string of the molecule is Cc1ccc(-c2nnc(-c3ccc(C(=O)OC(C)c4nnc(-c5ccc(C)cc5)o4)cc3)o2)cc1. The normalized spacial score (nSPS) is 11.9. The summed E-state index contributed by atoms with van der Waals surface area (Å²) in [6.07, 6.45) is -0.707. The number of aromatic nitrogens is 4. The van der Waals surface area contributed by atoms with Crippen molar-refractivity contribution in [1.82, 2.24) is 20.4 Å². The van der Waals surface area contributed by atoms with Gasteiger partial charge in [-0.1, -0.05) is 35.4 Å². The van der Waals surface area contributed by atoms with E-state index in [1.54, 1.807) is 31.2 Å². The van der Waals surface area contributed by atoms with Gasteiger partial charge in [0.05, 0.1) is 5.56 Å². The third kappa shape index (κ3) is 4.86. The van der Waals surface area contributed by atoms with Crippen molar-refractivity contribution in [3.05, 3.63) is 95.4 Å². The van der Waals surface area contributed by atoms with Crippen molar-refractivity contribution in [3.8, 4) is 34.4 Å². The van der Waals surface area contributed by atoms with E-state index in [4.69, 9.17) is 13.6 Å². The molecule has 0 amide bonds. The fourth-order valence-electron chi connectivity index (χ4n) is 3.39. The second kappa shape index (κ2) is 9.34. The zero-order chi connectivity index (χ0) is 24.4. The van der Waals surface area contributed by atoms with Crippen molar-refractivity contribution in [2.24, 2.45) is 0 Å². The van der Waals surface area contributed by atoms with E-state index < -0.39 is 12.1 Å². The Balaban J connectivity index is 1.25. The van der Waals surface area contributed by atoms with Crippen molar-refractivity contribution >= 4 is 5.97 Å². The minimum atomic E-state index is -0.707. The first-order valence-electron chi connectivity index (χ1n) is 11.1. The lowest BCUT2D eigenvalue weighted by molar-refractivity contribution is 0.0280. The number of hydrogen-bond donors (Lipinski definition) is 0. The van der Waals surface area contributed by atoms with E-state index in [9.17, 15) is 4.79 Å². The third-order valence-corrected chi connectivity index (χ3v) is 5.46. The lowest BCUT2D eigenvalue weighted by Crippen LogP contribution is -2.09. The van der Waals surface area contributed by atoms with E-state index in [1.165, 1.54) is 0 Å². The molecule has 174 valence electrons. The molecule has 0 radical (unpaired) electrons. The van der Waals surface area contributed by atoms with Gasteiger partial charge in [0.25, 0.3) is 5.89 Å². The first kappa shape index (κ1) is 22.2. The molecule has 0 saturated carbocycles. The molecule has 3 aromatic carbocycles. The van der Waals surface area contributed by atoms with Gasteiger partial charge in [-0.3, -0.25) is 0 Å². The monoisotopic (exact) mass is 466 g/mol. The molecule has 0 aliphatic carbocycles. The molecule has 1 atom stereocenters. The maximum Gasteiger partial charge on any atom is 0.338 e. The van der Waals surface area contributed by atoms with Crippen LogP contribution in [-0.4, -0.2) is 26.4 Å². The fraction of sp³-hybridized carbons (Fsp3) is 0.148. The van der Waals surface area contributed by atoms with E-state index in [1.807, 2.05) is 62.4 Å². The average Bonchev–Trinajstić information content (AvgIpc) is 3.56. The Labute approximate surface area is 201 Å². The summed E-state index contributed by atoms with van der Waals surface area (Å²) in [5.74, 6) is 0.882. The van der Waals surface area contributed by atoms with Gasteiger partial charge < -0.3 is 13.6 Å². The summed E-state index contributed by atoms with van der Waals surface area (Å²) in [6.45, 7) is 5.70. The highest BCUT2D eigenvalue weighted by molar-refractivity contribution is 5.90. The summed E-state index contributed by atoms with van der Waals surface area (Å²) in [4.78, 5) is 12.6. The molecule has 5 aromatic rings. The van der Waals surface area contributed by atoms with Crippen LogP contribution in [0.15, 0.2) is 81.6 Å². The van der Waals surface area contributed by atoms with Gasteiger partial charge in [0.2, 0.25) is 17.7 Å². The molecule has 0 fully saturated rings. The van der Waals surface area contributed by atoms with Crippen LogP contribution in [0.2, 0.25) is 0 Å². The molecule has 5 rings (SSSR count). The maximum atomic E-state index is 12.6. The van der Waals surface area contributed by atoms with Gasteiger partial charge in [-0.05, 0) is 69.3 Å². The van der Waals surface area contributed by atoms with Crippen molar-refractivity contribution < 1.29 is 18.4 Å². The predicted molar refractivity (Wildman–Crippen MR) is 128 cm³/mol. The molecule has 0 aliphatic heterocycles. The van der Waals surface area contributed by atoms with Crippen LogP contribution in [0.25, 0.3) is 34.4 Å². The Morgan fingerprint density at radius 1 is 0.657 bits per heavy atom. The lowest BCUT2D eigenvalue weighted by atomic mass is 10.1. The number of rotatable bonds is 6. The number of benzene rings is 3. The van der Waals surface area contributed by atoms with E-state index in [0.29, 0.717) is 28.8 Å². The van der Waals surface area contributed by atoms with Crippen LogP contribution in [0.5, 0.6) is 0 Å². The van der Waals surface area contributed by atoms with E-state index in [2.05, 4.69) is 20.4 Å². The molecule has 0 saturated heterocycles. The second-order valence-electron chi connectivity index (χ2n) is 8.21. The highest BCUT2D eigenvalue weighted by Gasteiger charge is 2.20. The van der Waals surface area contributed by atoms with Crippen LogP contribution in [-0.2, 0) is 4.74 Å². The smallest absolute Gasteiger partial charge is 0.338 e. The summed E-state index contributed by atoms with van der Waals surface area (Å²) in [5, 5.41) is 16.3. The number of nitrogens with zero attached hydrogens (tertiary/aromatic N) is 4. The molecular formula is C27H22N4O4. The topological polar surface area (TPSA) is 104 Å². The molecule has 8 heteroatoms. The molecule has 0 aliphatic rings. The van der Waals surface area contributed by atoms with Crippen molar-refractivity contribution in [3.63, 3.8) is 0 Å². The van der Waals surface area contributed by atoms with E-state index >= 15 is 0 Å². The van der Waals surface area contributed by atoms with Gasteiger partial charge in [-0.2, -0.15) is 0 Å². The Morgan fingerprint density at radius 2 is 1.09 bits per heavy atom. The van der Waals surface area contributed by atoms with Crippen LogP contribution in [0.4, 0.5) is 0 Å². The van der Waals surface area contributed by atoms with Crippen molar-refractivity contribution in [1.29, 1.82) is 0 Å². The zero-order valence-corrected chi connectivity index (χ0v) is 19.4. The summed E-state index contributed by atoms with van der Waals surface area (Å²) in [6, 6.07) is 22.3. The van der Waals surface area contributed by atoms with E-state index in [-0.39, 0.29) is 5.89 Å². The molecular weight excluding hydrogens is 444 g/mol. The molecule has 35 heavy (non-hydrogen) atoms. The standard InChI is InChI=1S/C27H22N4O4/c1-16-4-8-19(9-5-16)24-29-28-23(34-24)18(3)33-27(32)22-14-12-21(13-15-22)26-31-30-25(35-26)20-10-6-17(2)7-11-20/h4-15,18H,1-3H3. The molecule has 8 nitrogen and oxygen atoms in total. The Morgan fingerprint density at radius 3 is 1.60 bits per heavy atom. The predicted octanol–water partition coefficient (Wildman–Crippen LogP) is 5.99. The quantitative estimate of drug-likeness (QED) is 0.281. The highest BCUT2D eigenvalue weighted by Crippen LogP contribution is 2.26. The van der Waals surface area contributed by atoms with Gasteiger partial charge in [0, 0.05) is 16.7 Å². The first-order valence-corrected chi connectivity index (χ1v) is 11.1. The zero-order valence-electron chi connectivity index (χ0n) is 19.4. The number of carbonyl (C=O) groups is 1. The number of carbonyl (C=O) groups excluding carboxylic acids is 1. The largest absolute Gasteiger partial charge is 0.449 e. The molecule has 0 N–H and O–H groups in total. The third-order valence-electron chi connectivity index (χ3n) is 5.46. The lowest BCUT2D eigenvalue weighted by Gasteiger charge is -2.09. The number of esters is 1. The number of hydrogen-bond acceptors (Lipinski definition) is 8. The average molecular weight is 466 g/mol. The summed E-state index contributed by atoms with van der Waals surface area (Å²) >= 11 is 0. The fourth-order valence-corrected chi connectivity index (χ4v) is 3.39. The Hall–Kier alpha value is -4.59. The second-order valence-corrected chi connectivity index (χ2v) is 8.21. The van der Waals surface area contributed by atoms with Gasteiger partial charge in [-0.25, -0.2) is 4.79 Å². The van der Waals surface area contributed by atoms with Crippen LogP contribution < -0.4 is 0 Å². The van der Waals surface area contributed by atoms with Crippen molar-refractivity contribution in [2.75, 3.05) is 0 Å². The molecule has 2 heterocycles. The number of aryl methyl sites for hydroxylation is 2. The van der Waals surface area contributed by atoms with Gasteiger partial charge in [0.1, 0.15) is 0 Å².